The van der Waals surface area contributed by atoms with Crippen LogP contribution in [0.5, 0.6) is 0 Å². The molecule has 0 saturated heterocycles. The third-order valence-electron chi connectivity index (χ3n) is 4.21. The number of rotatable bonds is 6. The van der Waals surface area contributed by atoms with Crippen LogP contribution in [0.2, 0.25) is 0 Å². The van der Waals surface area contributed by atoms with Gasteiger partial charge in [-0.2, -0.15) is 0 Å². The summed E-state index contributed by atoms with van der Waals surface area (Å²) in [7, 11) is 0. The number of nitrogens with zero attached hydrogens (tertiary/aromatic N) is 1. The molecule has 7 heteroatoms. The summed E-state index contributed by atoms with van der Waals surface area (Å²) in [5.41, 5.74) is 1.00. The van der Waals surface area contributed by atoms with E-state index < -0.39 is 23.7 Å². The molecular weight excluding hydrogens is 338 g/mol. The minimum absolute atomic E-state index is 0.00191. The van der Waals surface area contributed by atoms with Crippen molar-refractivity contribution in [3.63, 3.8) is 0 Å². The molecule has 26 heavy (non-hydrogen) atoms. The largest absolute Gasteiger partial charge is 0.503 e. The van der Waals surface area contributed by atoms with Gasteiger partial charge in [-0.05, 0) is 29.8 Å². The Balaban J connectivity index is 2.04. The van der Waals surface area contributed by atoms with Crippen LogP contribution in [0.3, 0.4) is 0 Å². The van der Waals surface area contributed by atoms with Crippen LogP contribution in [-0.4, -0.2) is 27.9 Å². The van der Waals surface area contributed by atoms with Crippen molar-refractivity contribution in [2.45, 2.75) is 25.8 Å². The number of hydrogen-bond acceptors (Lipinski definition) is 5. The van der Waals surface area contributed by atoms with Gasteiger partial charge in [0, 0.05) is 12.1 Å². The number of carbonyl (C=O) groups is 3. The number of anilines is 1. The molecule has 1 aliphatic heterocycles. The van der Waals surface area contributed by atoms with Gasteiger partial charge in [0.15, 0.2) is 11.5 Å². The smallest absolute Gasteiger partial charge is 0.307 e. The molecule has 0 radical (unpaired) electrons. The van der Waals surface area contributed by atoms with Crippen molar-refractivity contribution in [1.82, 2.24) is 0 Å². The van der Waals surface area contributed by atoms with E-state index in [0.717, 1.165) is 0 Å². The number of carboxylic acid groups (broad SMARTS) is 1. The Kier molecular flexibility index (Phi) is 4.62. The fourth-order valence-electron chi connectivity index (χ4n) is 3.01. The van der Waals surface area contributed by atoms with E-state index in [4.69, 9.17) is 9.52 Å². The second-order valence-corrected chi connectivity index (χ2v) is 5.87. The quantitative estimate of drug-likeness (QED) is 0.825. The predicted octanol–water partition coefficient (Wildman–Crippen LogP) is 2.79. The van der Waals surface area contributed by atoms with Crippen LogP contribution in [0.1, 0.15) is 30.7 Å². The van der Waals surface area contributed by atoms with Crippen molar-refractivity contribution in [1.29, 1.82) is 0 Å². The SMILES string of the molecule is CCC(=O)C1=C(O)C(=O)N(c2ccc(CC(=O)O)cc2)C1c1ccco1. The third-order valence-corrected chi connectivity index (χ3v) is 4.21. The minimum Gasteiger partial charge on any atom is -0.503 e. The van der Waals surface area contributed by atoms with Crippen molar-refractivity contribution in [2.24, 2.45) is 0 Å². The first-order chi connectivity index (χ1) is 12.4. The molecule has 134 valence electrons. The second-order valence-electron chi connectivity index (χ2n) is 5.87. The van der Waals surface area contributed by atoms with E-state index >= 15 is 0 Å². The Labute approximate surface area is 149 Å². The number of benzene rings is 1. The first-order valence-electron chi connectivity index (χ1n) is 8.08. The molecular formula is C19H17NO6. The fraction of sp³-hybridized carbons (Fsp3) is 0.211. The lowest BCUT2D eigenvalue weighted by Crippen LogP contribution is -2.30. The highest BCUT2D eigenvalue weighted by Gasteiger charge is 2.45. The average molecular weight is 355 g/mol. The first-order valence-corrected chi connectivity index (χ1v) is 8.08. The van der Waals surface area contributed by atoms with Crippen molar-refractivity contribution in [3.05, 3.63) is 65.3 Å². The second kappa shape index (κ2) is 6.87. The zero-order valence-corrected chi connectivity index (χ0v) is 14.0. The molecule has 7 nitrogen and oxygen atoms in total. The number of furan rings is 1. The molecule has 0 spiro atoms. The molecule has 0 bridgehead atoms. The molecule has 0 saturated carbocycles. The summed E-state index contributed by atoms with van der Waals surface area (Å²) >= 11 is 0. The van der Waals surface area contributed by atoms with Gasteiger partial charge in [-0.15, -0.1) is 0 Å². The Morgan fingerprint density at radius 2 is 1.88 bits per heavy atom. The van der Waals surface area contributed by atoms with E-state index in [1.807, 2.05) is 0 Å². The molecule has 1 aromatic heterocycles. The Morgan fingerprint density at radius 1 is 1.19 bits per heavy atom. The Morgan fingerprint density at radius 3 is 2.42 bits per heavy atom. The van der Waals surface area contributed by atoms with Gasteiger partial charge in [0.1, 0.15) is 11.8 Å². The molecule has 0 aliphatic carbocycles. The van der Waals surface area contributed by atoms with E-state index in [0.29, 0.717) is 17.0 Å². The zero-order valence-electron chi connectivity index (χ0n) is 14.0. The number of carbonyl (C=O) groups excluding carboxylic acids is 2. The summed E-state index contributed by atoms with van der Waals surface area (Å²) in [6, 6.07) is 8.75. The van der Waals surface area contributed by atoms with Crippen molar-refractivity contribution < 1.29 is 29.0 Å². The van der Waals surface area contributed by atoms with E-state index in [-0.39, 0.29) is 24.2 Å². The van der Waals surface area contributed by atoms with E-state index in [2.05, 4.69) is 0 Å². The topological polar surface area (TPSA) is 108 Å². The van der Waals surface area contributed by atoms with E-state index in [1.165, 1.54) is 11.2 Å². The number of aliphatic hydroxyl groups excluding tert-OH is 1. The summed E-state index contributed by atoms with van der Waals surface area (Å²) < 4.78 is 5.40. The highest BCUT2D eigenvalue weighted by molar-refractivity contribution is 6.16. The van der Waals surface area contributed by atoms with Crippen LogP contribution in [-0.2, 0) is 20.8 Å². The first kappa shape index (κ1) is 17.5. The summed E-state index contributed by atoms with van der Waals surface area (Å²) in [6.07, 6.45) is 1.42. The van der Waals surface area contributed by atoms with Gasteiger partial charge in [0.2, 0.25) is 0 Å². The maximum Gasteiger partial charge on any atom is 0.307 e. The molecule has 2 heterocycles. The predicted molar refractivity (Wildman–Crippen MR) is 91.7 cm³/mol. The number of Topliss-reactive ketones (excluding diaryl/α,β-unsaturated/α-hetero) is 1. The molecule has 3 rings (SSSR count). The summed E-state index contributed by atoms with van der Waals surface area (Å²) in [5.74, 6) is -2.24. The number of aliphatic carboxylic acids is 1. The van der Waals surface area contributed by atoms with Crippen LogP contribution >= 0.6 is 0 Å². The molecule has 2 N–H and O–H groups in total. The van der Waals surface area contributed by atoms with Gasteiger partial charge in [-0.3, -0.25) is 19.3 Å². The summed E-state index contributed by atoms with van der Waals surface area (Å²) in [5, 5.41) is 19.1. The molecule has 0 fully saturated rings. The Bertz CT molecular complexity index is 879. The number of hydrogen-bond donors (Lipinski definition) is 2. The molecule has 1 aliphatic rings. The number of ketones is 1. The number of carboxylic acids is 1. The molecule has 1 atom stereocenters. The lowest BCUT2D eigenvalue weighted by atomic mass is 9.99. The molecule has 2 aromatic rings. The standard InChI is InChI=1S/C19H17NO6/c1-2-13(21)16-17(14-4-3-9-26-14)20(19(25)18(16)24)12-7-5-11(6-8-12)10-15(22)23/h3-9,17,24H,2,10H2,1H3,(H,22,23). The van der Waals surface area contributed by atoms with Crippen molar-refractivity contribution in [3.8, 4) is 0 Å². The van der Waals surface area contributed by atoms with Gasteiger partial charge in [0.25, 0.3) is 5.91 Å². The lowest BCUT2D eigenvalue weighted by Gasteiger charge is -2.25. The van der Waals surface area contributed by atoms with Crippen LogP contribution in [0.4, 0.5) is 5.69 Å². The summed E-state index contributed by atoms with van der Waals surface area (Å²) in [4.78, 5) is 37.0. The number of amides is 1. The van der Waals surface area contributed by atoms with Crippen LogP contribution < -0.4 is 4.90 Å². The maximum atomic E-state index is 12.6. The fourth-order valence-corrected chi connectivity index (χ4v) is 3.01. The zero-order chi connectivity index (χ0) is 18.8. The normalized spacial score (nSPS) is 17.0. The van der Waals surface area contributed by atoms with E-state index in [1.54, 1.807) is 43.3 Å². The minimum atomic E-state index is -0.960. The monoisotopic (exact) mass is 355 g/mol. The Hall–Kier alpha value is -3.35. The summed E-state index contributed by atoms with van der Waals surface area (Å²) in [6.45, 7) is 1.65. The van der Waals surface area contributed by atoms with Crippen LogP contribution in [0.15, 0.2) is 58.4 Å². The van der Waals surface area contributed by atoms with Gasteiger partial charge in [-0.1, -0.05) is 19.1 Å². The van der Waals surface area contributed by atoms with Gasteiger partial charge < -0.3 is 14.6 Å². The molecule has 1 unspecified atom stereocenters. The average Bonchev–Trinajstić information content (AvgIpc) is 3.22. The highest BCUT2D eigenvalue weighted by atomic mass is 16.4. The van der Waals surface area contributed by atoms with Crippen LogP contribution in [0.25, 0.3) is 0 Å². The van der Waals surface area contributed by atoms with Gasteiger partial charge in [0.05, 0.1) is 18.3 Å². The third kappa shape index (κ3) is 2.99. The molecule has 1 aromatic carbocycles. The van der Waals surface area contributed by atoms with Crippen molar-refractivity contribution in [2.75, 3.05) is 4.90 Å². The molecule has 1 amide bonds. The lowest BCUT2D eigenvalue weighted by molar-refractivity contribution is -0.136. The van der Waals surface area contributed by atoms with Gasteiger partial charge >= 0.3 is 5.97 Å². The van der Waals surface area contributed by atoms with Crippen LogP contribution in [0, 0.1) is 0 Å². The maximum absolute atomic E-state index is 12.6. The number of aliphatic hydroxyl groups is 1. The highest BCUT2D eigenvalue weighted by Crippen LogP contribution is 2.41. The van der Waals surface area contributed by atoms with Crippen molar-refractivity contribution >= 4 is 23.3 Å². The van der Waals surface area contributed by atoms with Gasteiger partial charge in [-0.25, -0.2) is 0 Å². The van der Waals surface area contributed by atoms with E-state index in [9.17, 15) is 19.5 Å².